The van der Waals surface area contributed by atoms with Crippen LogP contribution in [0.4, 0.5) is 0 Å². The van der Waals surface area contributed by atoms with Gasteiger partial charge in [-0.1, -0.05) is 43.2 Å². The predicted molar refractivity (Wildman–Crippen MR) is 117 cm³/mol. The molecule has 2 rings (SSSR count). The van der Waals surface area contributed by atoms with Gasteiger partial charge >= 0.3 is 0 Å². The van der Waals surface area contributed by atoms with Crippen molar-refractivity contribution in [2.45, 2.75) is 46.6 Å². The number of rotatable bonds is 8. The van der Waals surface area contributed by atoms with Crippen molar-refractivity contribution in [3.8, 4) is 0 Å². The van der Waals surface area contributed by atoms with Gasteiger partial charge in [-0.2, -0.15) is 0 Å². The normalized spacial score (nSPS) is 14.7. The van der Waals surface area contributed by atoms with Gasteiger partial charge in [0, 0.05) is 52.6 Å². The molecule has 7 heteroatoms. The van der Waals surface area contributed by atoms with Gasteiger partial charge < -0.3 is 20.4 Å². The maximum atomic E-state index is 12.4. The van der Waals surface area contributed by atoms with Gasteiger partial charge in [-0.15, -0.1) is 0 Å². The van der Waals surface area contributed by atoms with Crippen molar-refractivity contribution in [2.24, 2.45) is 4.99 Å². The molecule has 0 unspecified atom stereocenters. The monoisotopic (exact) mass is 401 g/mol. The smallest absolute Gasteiger partial charge is 0.224 e. The summed E-state index contributed by atoms with van der Waals surface area (Å²) in [6.45, 7) is 10.3. The molecule has 1 fully saturated rings. The van der Waals surface area contributed by atoms with E-state index < -0.39 is 0 Å². The van der Waals surface area contributed by atoms with Gasteiger partial charge in [0.15, 0.2) is 5.96 Å². The Hall–Kier alpha value is -2.57. The second-order valence-electron chi connectivity index (χ2n) is 7.49. The highest BCUT2D eigenvalue weighted by Crippen LogP contribution is 2.05. The van der Waals surface area contributed by atoms with Crippen molar-refractivity contribution in [1.82, 2.24) is 20.4 Å². The van der Waals surface area contributed by atoms with Gasteiger partial charge in [0.05, 0.1) is 6.54 Å². The SMILES string of the molecule is CCCCNC(=NCc1ccc(C)cc1)NCCC(=O)N1CCN(C(C)=O)CC1. The van der Waals surface area contributed by atoms with E-state index in [1.54, 1.807) is 11.8 Å². The number of hydrogen-bond acceptors (Lipinski definition) is 3. The average Bonchev–Trinajstić information content (AvgIpc) is 2.72. The summed E-state index contributed by atoms with van der Waals surface area (Å²) >= 11 is 0. The number of benzene rings is 1. The molecular formula is C22H35N5O2. The Morgan fingerprint density at radius 2 is 1.62 bits per heavy atom. The summed E-state index contributed by atoms with van der Waals surface area (Å²) in [6, 6.07) is 8.36. The standard InChI is InChI=1S/C22H35N5O2/c1-4-5-11-23-22(25-17-20-8-6-18(2)7-9-20)24-12-10-21(29)27-15-13-26(14-16-27)19(3)28/h6-9H,4-5,10-17H2,1-3H3,(H2,23,24,25). The van der Waals surface area contributed by atoms with Crippen LogP contribution in [-0.2, 0) is 16.1 Å². The summed E-state index contributed by atoms with van der Waals surface area (Å²) in [5, 5.41) is 6.63. The van der Waals surface area contributed by atoms with Crippen LogP contribution < -0.4 is 10.6 Å². The Morgan fingerprint density at radius 1 is 1.00 bits per heavy atom. The van der Waals surface area contributed by atoms with E-state index in [4.69, 9.17) is 0 Å². The van der Waals surface area contributed by atoms with E-state index >= 15 is 0 Å². The lowest BCUT2D eigenvalue weighted by Gasteiger charge is -2.34. The van der Waals surface area contributed by atoms with E-state index in [2.05, 4.69) is 53.7 Å². The highest BCUT2D eigenvalue weighted by molar-refractivity contribution is 5.81. The van der Waals surface area contributed by atoms with E-state index in [1.807, 2.05) is 4.90 Å². The van der Waals surface area contributed by atoms with Crippen LogP contribution in [0.25, 0.3) is 0 Å². The van der Waals surface area contributed by atoms with Crippen molar-refractivity contribution in [3.63, 3.8) is 0 Å². The lowest BCUT2D eigenvalue weighted by molar-refractivity contribution is -0.138. The van der Waals surface area contributed by atoms with Crippen LogP contribution in [0.5, 0.6) is 0 Å². The number of unbranched alkanes of at least 4 members (excludes halogenated alkanes) is 1. The summed E-state index contributed by atoms with van der Waals surface area (Å²) in [6.07, 6.45) is 2.60. The minimum atomic E-state index is 0.0753. The zero-order chi connectivity index (χ0) is 21.1. The van der Waals surface area contributed by atoms with Crippen LogP contribution in [0.3, 0.4) is 0 Å². The molecule has 1 aromatic carbocycles. The zero-order valence-corrected chi connectivity index (χ0v) is 18.0. The highest BCUT2D eigenvalue weighted by atomic mass is 16.2. The molecule has 160 valence electrons. The lowest BCUT2D eigenvalue weighted by Crippen LogP contribution is -2.50. The molecule has 0 atom stereocenters. The summed E-state index contributed by atoms with van der Waals surface area (Å²) in [5.41, 5.74) is 2.39. The molecular weight excluding hydrogens is 366 g/mol. The number of nitrogens with zero attached hydrogens (tertiary/aromatic N) is 3. The summed E-state index contributed by atoms with van der Waals surface area (Å²) in [4.78, 5) is 32.1. The van der Waals surface area contributed by atoms with Crippen LogP contribution >= 0.6 is 0 Å². The molecule has 2 N–H and O–H groups in total. The Kier molecular flexibility index (Phi) is 9.47. The first-order chi connectivity index (χ1) is 14.0. The molecule has 0 bridgehead atoms. The van der Waals surface area contributed by atoms with Crippen molar-refractivity contribution < 1.29 is 9.59 Å². The number of nitrogens with one attached hydrogen (secondary N) is 2. The molecule has 0 saturated carbocycles. The minimum absolute atomic E-state index is 0.0753. The molecule has 1 aliphatic heterocycles. The van der Waals surface area contributed by atoms with Gasteiger partial charge in [-0.3, -0.25) is 9.59 Å². The Labute approximate surface area is 174 Å². The molecule has 7 nitrogen and oxygen atoms in total. The third-order valence-corrected chi connectivity index (χ3v) is 5.07. The number of aliphatic imine (C=N–C) groups is 1. The summed E-state index contributed by atoms with van der Waals surface area (Å²) < 4.78 is 0. The van der Waals surface area contributed by atoms with Crippen LogP contribution in [0.15, 0.2) is 29.3 Å². The largest absolute Gasteiger partial charge is 0.356 e. The Balaban J connectivity index is 1.80. The zero-order valence-electron chi connectivity index (χ0n) is 18.0. The van der Waals surface area contributed by atoms with Crippen LogP contribution in [0.2, 0.25) is 0 Å². The average molecular weight is 402 g/mol. The summed E-state index contributed by atoms with van der Waals surface area (Å²) in [7, 11) is 0. The number of carbonyl (C=O) groups is 2. The molecule has 1 aromatic rings. The van der Waals surface area contributed by atoms with E-state index in [-0.39, 0.29) is 11.8 Å². The molecule has 29 heavy (non-hydrogen) atoms. The quantitative estimate of drug-likeness (QED) is 0.396. The van der Waals surface area contributed by atoms with Gasteiger partial charge in [0.25, 0.3) is 0 Å². The van der Waals surface area contributed by atoms with Crippen LogP contribution in [0, 0.1) is 6.92 Å². The molecule has 0 aromatic heterocycles. The molecule has 1 saturated heterocycles. The molecule has 1 heterocycles. The van der Waals surface area contributed by atoms with Crippen molar-refractivity contribution in [1.29, 1.82) is 0 Å². The number of piperazine rings is 1. The maximum absolute atomic E-state index is 12.4. The van der Waals surface area contributed by atoms with E-state index in [9.17, 15) is 9.59 Å². The third-order valence-electron chi connectivity index (χ3n) is 5.07. The fourth-order valence-corrected chi connectivity index (χ4v) is 3.14. The second-order valence-corrected chi connectivity index (χ2v) is 7.49. The van der Waals surface area contributed by atoms with Crippen molar-refractivity contribution >= 4 is 17.8 Å². The predicted octanol–water partition coefficient (Wildman–Crippen LogP) is 1.91. The van der Waals surface area contributed by atoms with E-state index in [1.165, 1.54) is 5.56 Å². The Bertz CT molecular complexity index is 679. The number of aryl methyl sites for hydroxylation is 1. The summed E-state index contributed by atoms with van der Waals surface area (Å²) in [5.74, 6) is 0.937. The first kappa shape index (κ1) is 22.7. The van der Waals surface area contributed by atoms with Crippen molar-refractivity contribution in [2.75, 3.05) is 39.3 Å². The van der Waals surface area contributed by atoms with Crippen LogP contribution in [0.1, 0.15) is 44.2 Å². The van der Waals surface area contributed by atoms with Crippen molar-refractivity contribution in [3.05, 3.63) is 35.4 Å². The number of carbonyl (C=O) groups excluding carboxylic acids is 2. The molecule has 1 aliphatic rings. The van der Waals surface area contributed by atoms with Crippen LogP contribution in [-0.4, -0.2) is 66.8 Å². The fourth-order valence-electron chi connectivity index (χ4n) is 3.14. The first-order valence-corrected chi connectivity index (χ1v) is 10.6. The van der Waals surface area contributed by atoms with Gasteiger partial charge in [0.2, 0.25) is 11.8 Å². The Morgan fingerprint density at radius 3 is 2.24 bits per heavy atom. The third kappa shape index (κ3) is 8.13. The highest BCUT2D eigenvalue weighted by Gasteiger charge is 2.21. The van der Waals surface area contributed by atoms with E-state index in [0.29, 0.717) is 45.7 Å². The molecule has 0 spiro atoms. The number of amides is 2. The molecule has 2 amide bonds. The second kappa shape index (κ2) is 12.1. The fraction of sp³-hybridized carbons (Fsp3) is 0.591. The van der Waals surface area contributed by atoms with E-state index in [0.717, 1.165) is 30.9 Å². The first-order valence-electron chi connectivity index (χ1n) is 10.6. The van der Waals surface area contributed by atoms with Gasteiger partial charge in [0.1, 0.15) is 0 Å². The molecule has 0 radical (unpaired) electrons. The van der Waals surface area contributed by atoms with Gasteiger partial charge in [-0.05, 0) is 18.9 Å². The topological polar surface area (TPSA) is 77.0 Å². The number of guanidine groups is 1. The maximum Gasteiger partial charge on any atom is 0.224 e. The lowest BCUT2D eigenvalue weighted by atomic mass is 10.1. The number of hydrogen-bond donors (Lipinski definition) is 2. The van der Waals surface area contributed by atoms with Gasteiger partial charge in [-0.25, -0.2) is 4.99 Å². The minimum Gasteiger partial charge on any atom is -0.356 e. The molecule has 0 aliphatic carbocycles.